The molecule has 7 heteroatoms. The molecule has 1 rings (SSSR count). The molecule has 0 aromatic carbocycles. The number of hydrogen-bond acceptors (Lipinski definition) is 4. The van der Waals surface area contributed by atoms with Crippen LogP contribution in [0.25, 0.3) is 0 Å². The molecule has 1 heterocycles. The Hall–Kier alpha value is -0.920. The second-order valence-corrected chi connectivity index (χ2v) is 6.75. The third kappa shape index (κ3) is 4.02. The Morgan fingerprint density at radius 1 is 1.37 bits per heavy atom. The van der Waals surface area contributed by atoms with Gasteiger partial charge in [0.25, 0.3) is 0 Å². The van der Waals surface area contributed by atoms with E-state index in [1.54, 1.807) is 18.5 Å². The molecule has 110 valence electrons. The minimum atomic E-state index is -3.52. The van der Waals surface area contributed by atoms with Crippen LogP contribution in [-0.4, -0.2) is 36.5 Å². The van der Waals surface area contributed by atoms with Gasteiger partial charge in [-0.15, -0.1) is 0 Å². The minimum absolute atomic E-state index is 0.0615. The lowest BCUT2D eigenvalue weighted by atomic mass is 10.2. The molecule has 0 atom stereocenters. The highest BCUT2D eigenvalue weighted by Gasteiger charge is 2.24. The van der Waals surface area contributed by atoms with Crippen molar-refractivity contribution >= 4 is 10.0 Å². The van der Waals surface area contributed by atoms with Crippen LogP contribution in [0.1, 0.15) is 31.7 Å². The number of aliphatic hydroxyl groups is 1. The Kier molecular flexibility index (Phi) is 5.51. The molecular weight excluding hydrogens is 266 g/mol. The molecule has 0 radical (unpaired) electrons. The van der Waals surface area contributed by atoms with Crippen LogP contribution in [0.2, 0.25) is 0 Å². The SMILES string of the molecule is Cc1nn(CCCO)c(C)c1S(=O)(=O)NCC(C)C. The molecule has 0 saturated heterocycles. The van der Waals surface area contributed by atoms with Gasteiger partial charge in [0.2, 0.25) is 10.0 Å². The van der Waals surface area contributed by atoms with Crippen LogP contribution in [0.5, 0.6) is 0 Å². The number of nitrogens with zero attached hydrogens (tertiary/aromatic N) is 2. The summed E-state index contributed by atoms with van der Waals surface area (Å²) in [6.45, 7) is 8.31. The fourth-order valence-corrected chi connectivity index (χ4v) is 3.48. The minimum Gasteiger partial charge on any atom is -0.396 e. The van der Waals surface area contributed by atoms with E-state index in [2.05, 4.69) is 9.82 Å². The van der Waals surface area contributed by atoms with E-state index in [4.69, 9.17) is 5.11 Å². The van der Waals surface area contributed by atoms with Gasteiger partial charge in [0.15, 0.2) is 0 Å². The Labute approximate surface area is 114 Å². The molecule has 0 saturated carbocycles. The smallest absolute Gasteiger partial charge is 0.244 e. The van der Waals surface area contributed by atoms with E-state index >= 15 is 0 Å². The zero-order valence-electron chi connectivity index (χ0n) is 12.0. The summed E-state index contributed by atoms with van der Waals surface area (Å²) in [5.74, 6) is 0.250. The normalized spacial score (nSPS) is 12.3. The van der Waals surface area contributed by atoms with Gasteiger partial charge in [0, 0.05) is 19.7 Å². The van der Waals surface area contributed by atoms with Crippen LogP contribution in [0, 0.1) is 19.8 Å². The highest BCUT2D eigenvalue weighted by Crippen LogP contribution is 2.19. The number of aromatic nitrogens is 2. The van der Waals surface area contributed by atoms with Crippen LogP contribution in [0.15, 0.2) is 4.90 Å². The first-order valence-corrected chi connectivity index (χ1v) is 7.92. The Morgan fingerprint density at radius 3 is 2.53 bits per heavy atom. The summed E-state index contributed by atoms with van der Waals surface area (Å²) >= 11 is 0. The Morgan fingerprint density at radius 2 is 2.00 bits per heavy atom. The fraction of sp³-hybridized carbons (Fsp3) is 0.750. The van der Waals surface area contributed by atoms with Gasteiger partial charge in [0.1, 0.15) is 4.90 Å². The van der Waals surface area contributed by atoms with E-state index in [0.717, 1.165) is 0 Å². The van der Waals surface area contributed by atoms with Crippen LogP contribution >= 0.6 is 0 Å². The molecule has 0 aliphatic carbocycles. The van der Waals surface area contributed by atoms with Crippen molar-refractivity contribution in [3.8, 4) is 0 Å². The van der Waals surface area contributed by atoms with Gasteiger partial charge >= 0.3 is 0 Å². The Balaban J connectivity index is 3.03. The summed E-state index contributed by atoms with van der Waals surface area (Å²) in [6, 6.07) is 0. The lowest BCUT2D eigenvalue weighted by Gasteiger charge is -2.09. The van der Waals surface area contributed by atoms with E-state index in [1.807, 2.05) is 13.8 Å². The van der Waals surface area contributed by atoms with E-state index < -0.39 is 10.0 Å². The predicted octanol–water partition coefficient (Wildman–Crippen LogP) is 0.817. The Bertz CT molecular complexity index is 521. The maximum absolute atomic E-state index is 12.3. The summed E-state index contributed by atoms with van der Waals surface area (Å²) in [7, 11) is -3.52. The lowest BCUT2D eigenvalue weighted by molar-refractivity contribution is 0.276. The summed E-state index contributed by atoms with van der Waals surface area (Å²) in [5, 5.41) is 13.1. The molecule has 0 spiro atoms. The molecule has 6 nitrogen and oxygen atoms in total. The van der Waals surface area contributed by atoms with Crippen molar-refractivity contribution in [1.82, 2.24) is 14.5 Å². The number of nitrogens with one attached hydrogen (secondary N) is 1. The van der Waals surface area contributed by atoms with Crippen molar-refractivity contribution in [2.45, 2.75) is 45.6 Å². The van der Waals surface area contributed by atoms with Crippen molar-refractivity contribution in [3.63, 3.8) is 0 Å². The number of sulfonamides is 1. The van der Waals surface area contributed by atoms with Gasteiger partial charge < -0.3 is 5.11 Å². The number of rotatable bonds is 7. The molecule has 0 fully saturated rings. The monoisotopic (exact) mass is 289 g/mol. The second-order valence-electron chi connectivity index (χ2n) is 5.05. The number of aryl methyl sites for hydroxylation is 2. The van der Waals surface area contributed by atoms with Gasteiger partial charge in [-0.25, -0.2) is 13.1 Å². The first-order chi connectivity index (χ1) is 8.79. The number of aliphatic hydroxyl groups excluding tert-OH is 1. The zero-order chi connectivity index (χ0) is 14.6. The first kappa shape index (κ1) is 16.1. The third-order valence-electron chi connectivity index (χ3n) is 2.79. The van der Waals surface area contributed by atoms with Gasteiger partial charge in [0.05, 0.1) is 11.4 Å². The van der Waals surface area contributed by atoms with Gasteiger partial charge in [-0.1, -0.05) is 13.8 Å². The lowest BCUT2D eigenvalue weighted by Crippen LogP contribution is -2.28. The summed E-state index contributed by atoms with van der Waals surface area (Å²) in [4.78, 5) is 0.256. The van der Waals surface area contributed by atoms with E-state index in [0.29, 0.717) is 30.9 Å². The van der Waals surface area contributed by atoms with Gasteiger partial charge in [-0.2, -0.15) is 5.10 Å². The average molecular weight is 289 g/mol. The van der Waals surface area contributed by atoms with Crippen molar-refractivity contribution in [2.24, 2.45) is 5.92 Å². The molecule has 0 amide bonds. The van der Waals surface area contributed by atoms with Crippen LogP contribution in [-0.2, 0) is 16.6 Å². The summed E-state index contributed by atoms with van der Waals surface area (Å²) in [6.07, 6.45) is 0.556. The van der Waals surface area contributed by atoms with Crippen molar-refractivity contribution in [1.29, 1.82) is 0 Å². The fourth-order valence-electron chi connectivity index (χ4n) is 1.86. The van der Waals surface area contributed by atoms with Gasteiger partial charge in [-0.05, 0) is 26.2 Å². The highest BCUT2D eigenvalue weighted by atomic mass is 32.2. The van der Waals surface area contributed by atoms with E-state index in [1.165, 1.54) is 0 Å². The maximum atomic E-state index is 12.3. The molecule has 0 aliphatic rings. The van der Waals surface area contributed by atoms with E-state index in [9.17, 15) is 8.42 Å². The molecule has 1 aromatic rings. The molecule has 0 unspecified atom stereocenters. The topological polar surface area (TPSA) is 84.2 Å². The predicted molar refractivity (Wildman–Crippen MR) is 73.4 cm³/mol. The van der Waals surface area contributed by atoms with Crippen LogP contribution in [0.4, 0.5) is 0 Å². The second kappa shape index (κ2) is 6.49. The third-order valence-corrected chi connectivity index (χ3v) is 4.47. The molecule has 0 aliphatic heterocycles. The molecule has 19 heavy (non-hydrogen) atoms. The average Bonchev–Trinajstić information content (AvgIpc) is 2.60. The maximum Gasteiger partial charge on any atom is 0.244 e. The molecule has 0 bridgehead atoms. The zero-order valence-corrected chi connectivity index (χ0v) is 12.8. The molecular formula is C12H23N3O3S. The quantitative estimate of drug-likeness (QED) is 0.778. The van der Waals surface area contributed by atoms with Crippen LogP contribution < -0.4 is 4.72 Å². The molecule has 2 N–H and O–H groups in total. The van der Waals surface area contributed by atoms with Crippen molar-refractivity contribution < 1.29 is 13.5 Å². The summed E-state index contributed by atoms with van der Waals surface area (Å²) in [5.41, 5.74) is 1.11. The van der Waals surface area contributed by atoms with Gasteiger partial charge in [-0.3, -0.25) is 4.68 Å². The first-order valence-electron chi connectivity index (χ1n) is 6.44. The van der Waals surface area contributed by atoms with Crippen molar-refractivity contribution in [2.75, 3.05) is 13.2 Å². The largest absolute Gasteiger partial charge is 0.396 e. The number of hydrogen-bond donors (Lipinski definition) is 2. The van der Waals surface area contributed by atoms with Crippen molar-refractivity contribution in [3.05, 3.63) is 11.4 Å². The van der Waals surface area contributed by atoms with E-state index in [-0.39, 0.29) is 17.4 Å². The van der Waals surface area contributed by atoms with Crippen LogP contribution in [0.3, 0.4) is 0 Å². The standard InChI is InChI=1S/C12H23N3O3S/c1-9(2)8-13-19(17,18)12-10(3)14-15(11(12)4)6-5-7-16/h9,13,16H,5-8H2,1-4H3. The highest BCUT2D eigenvalue weighted by molar-refractivity contribution is 7.89. The molecule has 1 aromatic heterocycles. The summed E-state index contributed by atoms with van der Waals surface area (Å²) < 4.78 is 28.7.